The van der Waals surface area contributed by atoms with E-state index in [2.05, 4.69) is 4.98 Å². The molecular weight excluding hydrogens is 279 g/mol. The molecular formula is C15H16ClFN2O. The van der Waals surface area contributed by atoms with Gasteiger partial charge in [-0.3, -0.25) is 4.79 Å². The number of aromatic nitrogens is 1. The number of carbonyl (C=O) groups excluding carboxylic acids is 1. The minimum atomic E-state index is -0.529. The van der Waals surface area contributed by atoms with Crippen molar-refractivity contribution in [3.8, 4) is 0 Å². The Kier molecular flexibility index (Phi) is 3.42. The van der Waals surface area contributed by atoms with Crippen LogP contribution in [0.15, 0.2) is 18.2 Å². The second-order valence-electron chi connectivity index (χ2n) is 5.25. The average molecular weight is 295 g/mol. The highest BCUT2D eigenvalue weighted by molar-refractivity contribution is 6.30. The molecule has 3 nitrogen and oxygen atoms in total. The van der Waals surface area contributed by atoms with Crippen molar-refractivity contribution < 1.29 is 9.18 Å². The van der Waals surface area contributed by atoms with Crippen molar-refractivity contribution in [2.24, 2.45) is 0 Å². The van der Waals surface area contributed by atoms with E-state index < -0.39 is 5.38 Å². The van der Waals surface area contributed by atoms with Crippen LogP contribution in [0.2, 0.25) is 0 Å². The first-order chi connectivity index (χ1) is 9.56. The molecule has 0 bridgehead atoms. The summed E-state index contributed by atoms with van der Waals surface area (Å²) in [5.74, 6) is -0.322. The summed E-state index contributed by atoms with van der Waals surface area (Å²) in [7, 11) is 0. The van der Waals surface area contributed by atoms with Gasteiger partial charge in [0.2, 0.25) is 5.91 Å². The fourth-order valence-corrected chi connectivity index (χ4v) is 2.96. The molecule has 0 saturated carbocycles. The second kappa shape index (κ2) is 5.09. The number of fused-ring (bicyclic) bond motifs is 3. The third kappa shape index (κ3) is 2.29. The maximum Gasteiger partial charge on any atom is 0.240 e. The van der Waals surface area contributed by atoms with Gasteiger partial charge in [-0.05, 0) is 38.0 Å². The van der Waals surface area contributed by atoms with E-state index in [9.17, 15) is 9.18 Å². The zero-order chi connectivity index (χ0) is 14.3. The van der Waals surface area contributed by atoms with Crippen LogP contribution in [-0.2, 0) is 17.8 Å². The number of rotatable bonds is 1. The van der Waals surface area contributed by atoms with Crippen LogP contribution < -0.4 is 0 Å². The lowest BCUT2D eigenvalue weighted by Gasteiger charge is -2.22. The van der Waals surface area contributed by atoms with Crippen LogP contribution in [0.3, 0.4) is 0 Å². The largest absolute Gasteiger partial charge is 0.358 e. The quantitative estimate of drug-likeness (QED) is 0.806. The highest BCUT2D eigenvalue weighted by Gasteiger charge is 2.24. The van der Waals surface area contributed by atoms with Crippen LogP contribution in [-0.4, -0.2) is 27.7 Å². The summed E-state index contributed by atoms with van der Waals surface area (Å²) in [5.41, 5.74) is 3.04. The highest BCUT2D eigenvalue weighted by atomic mass is 35.5. The summed E-state index contributed by atoms with van der Waals surface area (Å²) >= 11 is 5.90. The minimum Gasteiger partial charge on any atom is -0.358 e. The number of hydrogen-bond donors (Lipinski definition) is 1. The number of carbonyl (C=O) groups is 1. The lowest BCUT2D eigenvalue weighted by molar-refractivity contribution is -0.131. The molecule has 1 aliphatic rings. The number of hydrogen-bond acceptors (Lipinski definition) is 1. The highest BCUT2D eigenvalue weighted by Crippen LogP contribution is 2.28. The van der Waals surface area contributed by atoms with Crippen LogP contribution in [0, 0.1) is 5.82 Å². The summed E-state index contributed by atoms with van der Waals surface area (Å²) in [6, 6.07) is 4.72. The van der Waals surface area contributed by atoms with Gasteiger partial charge in [0, 0.05) is 35.2 Å². The third-order valence-electron chi connectivity index (χ3n) is 3.81. The SMILES string of the molecule is CC(Cl)C(=O)N1CCCc2[nH]c3ccc(F)cc3c2C1. The molecule has 3 rings (SSSR count). The van der Waals surface area contributed by atoms with Gasteiger partial charge in [-0.15, -0.1) is 11.6 Å². The monoisotopic (exact) mass is 294 g/mol. The molecule has 2 aromatic rings. The number of alkyl halides is 1. The Morgan fingerprint density at radius 1 is 1.50 bits per heavy atom. The van der Waals surface area contributed by atoms with Crippen molar-refractivity contribution >= 4 is 28.4 Å². The second-order valence-corrected chi connectivity index (χ2v) is 5.91. The van der Waals surface area contributed by atoms with Crippen molar-refractivity contribution in [2.75, 3.05) is 6.54 Å². The van der Waals surface area contributed by atoms with Gasteiger partial charge in [0.25, 0.3) is 0 Å². The predicted octanol–water partition coefficient (Wildman–Crippen LogP) is 3.21. The minimum absolute atomic E-state index is 0.0646. The lowest BCUT2D eigenvalue weighted by Crippen LogP contribution is -2.35. The summed E-state index contributed by atoms with van der Waals surface area (Å²) in [5, 5.41) is 0.334. The van der Waals surface area contributed by atoms with E-state index in [1.165, 1.54) is 12.1 Å². The lowest BCUT2D eigenvalue weighted by atomic mass is 10.1. The third-order valence-corrected chi connectivity index (χ3v) is 4.00. The molecule has 1 unspecified atom stereocenters. The maximum atomic E-state index is 13.5. The van der Waals surface area contributed by atoms with Crippen LogP contribution >= 0.6 is 11.6 Å². The normalized spacial score (nSPS) is 16.9. The fraction of sp³-hybridized carbons (Fsp3) is 0.400. The van der Waals surface area contributed by atoms with Gasteiger partial charge in [0.05, 0.1) is 0 Å². The topological polar surface area (TPSA) is 36.1 Å². The summed E-state index contributed by atoms with van der Waals surface area (Å²) < 4.78 is 13.5. The Balaban J connectivity index is 2.04. The zero-order valence-corrected chi connectivity index (χ0v) is 12.0. The van der Waals surface area contributed by atoms with Crippen molar-refractivity contribution in [3.63, 3.8) is 0 Å². The summed E-state index contributed by atoms with van der Waals surface area (Å²) in [6.07, 6.45) is 1.75. The van der Waals surface area contributed by atoms with E-state index in [4.69, 9.17) is 11.6 Å². The molecule has 1 aromatic carbocycles. The van der Waals surface area contributed by atoms with E-state index in [0.29, 0.717) is 13.1 Å². The number of H-pyrrole nitrogens is 1. The van der Waals surface area contributed by atoms with Gasteiger partial charge in [-0.2, -0.15) is 0 Å². The Morgan fingerprint density at radius 3 is 3.05 bits per heavy atom. The number of nitrogens with one attached hydrogen (secondary N) is 1. The van der Waals surface area contributed by atoms with Crippen LogP contribution in [0.5, 0.6) is 0 Å². The first-order valence-electron chi connectivity index (χ1n) is 6.78. The molecule has 1 atom stereocenters. The maximum absolute atomic E-state index is 13.5. The molecule has 0 aliphatic carbocycles. The molecule has 0 saturated heterocycles. The number of aryl methyl sites for hydroxylation is 1. The molecule has 1 amide bonds. The van der Waals surface area contributed by atoms with Crippen LogP contribution in [0.4, 0.5) is 4.39 Å². The molecule has 20 heavy (non-hydrogen) atoms. The van der Waals surface area contributed by atoms with Gasteiger partial charge in [-0.1, -0.05) is 0 Å². The first kappa shape index (κ1) is 13.4. The van der Waals surface area contributed by atoms with E-state index in [1.54, 1.807) is 17.9 Å². The molecule has 1 aromatic heterocycles. The van der Waals surface area contributed by atoms with E-state index in [0.717, 1.165) is 35.0 Å². The van der Waals surface area contributed by atoms with E-state index in [1.807, 2.05) is 0 Å². The molecule has 1 N–H and O–H groups in total. The van der Waals surface area contributed by atoms with E-state index in [-0.39, 0.29) is 11.7 Å². The Hall–Kier alpha value is -1.55. The van der Waals surface area contributed by atoms with Gasteiger partial charge in [0.1, 0.15) is 11.2 Å². The predicted molar refractivity (Wildman–Crippen MR) is 77.3 cm³/mol. The fourth-order valence-electron chi connectivity index (χ4n) is 2.83. The van der Waals surface area contributed by atoms with Crippen LogP contribution in [0.1, 0.15) is 24.6 Å². The van der Waals surface area contributed by atoms with Gasteiger partial charge >= 0.3 is 0 Å². The number of nitrogens with zero attached hydrogens (tertiary/aromatic N) is 1. The van der Waals surface area contributed by atoms with Crippen LogP contribution in [0.25, 0.3) is 10.9 Å². The number of amides is 1. The Labute approximate surface area is 121 Å². The molecule has 2 heterocycles. The standard InChI is InChI=1S/C15H16ClFN2O/c1-9(16)15(20)19-6-2-3-13-12(8-19)11-7-10(17)4-5-14(11)18-13/h4-5,7,9,18H,2-3,6,8H2,1H3. The molecule has 1 aliphatic heterocycles. The van der Waals surface area contributed by atoms with E-state index >= 15 is 0 Å². The Bertz CT molecular complexity index is 665. The summed E-state index contributed by atoms with van der Waals surface area (Å²) in [6.45, 7) is 2.87. The first-order valence-corrected chi connectivity index (χ1v) is 7.21. The Morgan fingerprint density at radius 2 is 2.30 bits per heavy atom. The number of benzene rings is 1. The smallest absolute Gasteiger partial charge is 0.240 e. The molecule has 0 radical (unpaired) electrons. The summed E-state index contributed by atoms with van der Waals surface area (Å²) in [4.78, 5) is 17.2. The van der Waals surface area contributed by atoms with Crippen molar-refractivity contribution in [2.45, 2.75) is 31.7 Å². The zero-order valence-electron chi connectivity index (χ0n) is 11.2. The molecule has 106 valence electrons. The van der Waals surface area contributed by atoms with Crippen molar-refractivity contribution in [1.82, 2.24) is 9.88 Å². The molecule has 0 spiro atoms. The van der Waals surface area contributed by atoms with Crippen molar-refractivity contribution in [1.29, 1.82) is 0 Å². The molecule has 0 fully saturated rings. The average Bonchev–Trinajstić information content (AvgIpc) is 2.61. The van der Waals surface area contributed by atoms with Crippen molar-refractivity contribution in [3.05, 3.63) is 35.3 Å². The van der Waals surface area contributed by atoms with Gasteiger partial charge in [-0.25, -0.2) is 4.39 Å². The number of aromatic amines is 1. The number of halogens is 2. The van der Waals surface area contributed by atoms with Gasteiger partial charge < -0.3 is 9.88 Å². The molecule has 5 heteroatoms. The van der Waals surface area contributed by atoms with Gasteiger partial charge in [0.15, 0.2) is 0 Å².